The zero-order chi connectivity index (χ0) is 16.6. The molecule has 3 aromatic carbocycles. The van der Waals surface area contributed by atoms with Gasteiger partial charge in [0.25, 0.3) is 0 Å². The van der Waals surface area contributed by atoms with Gasteiger partial charge < -0.3 is 4.74 Å². The highest BCUT2D eigenvalue weighted by Crippen LogP contribution is 2.27. The second-order valence-electron chi connectivity index (χ2n) is 5.36. The van der Waals surface area contributed by atoms with Crippen molar-refractivity contribution in [1.29, 1.82) is 0 Å². The van der Waals surface area contributed by atoms with E-state index in [-0.39, 0.29) is 0 Å². The number of rotatable bonds is 6. The summed E-state index contributed by atoms with van der Waals surface area (Å²) in [6.45, 7) is 0.359. The van der Waals surface area contributed by atoms with Gasteiger partial charge >= 0.3 is 0 Å². The van der Waals surface area contributed by atoms with Gasteiger partial charge in [0.1, 0.15) is 6.61 Å². The van der Waals surface area contributed by atoms with Crippen LogP contribution in [0.15, 0.2) is 96.8 Å². The number of benzene rings is 3. The second kappa shape index (κ2) is 7.93. The number of ether oxygens (including phenoxy) is 1. The van der Waals surface area contributed by atoms with Gasteiger partial charge in [-0.3, -0.25) is 4.79 Å². The van der Waals surface area contributed by atoms with Gasteiger partial charge in [-0.25, -0.2) is 0 Å². The van der Waals surface area contributed by atoms with Crippen LogP contribution in [0.4, 0.5) is 0 Å². The van der Waals surface area contributed by atoms with E-state index < -0.39 is 0 Å². The molecule has 24 heavy (non-hydrogen) atoms. The first-order valence-corrected chi connectivity index (χ1v) is 7.85. The molecule has 0 aliphatic heterocycles. The molecule has 0 spiro atoms. The molecule has 0 fully saturated rings. The monoisotopic (exact) mass is 314 g/mol. The van der Waals surface area contributed by atoms with Crippen LogP contribution in [0.5, 0.6) is 0 Å². The number of carbonyl (C=O) groups is 1. The molecule has 2 nitrogen and oxygen atoms in total. The van der Waals surface area contributed by atoms with Crippen molar-refractivity contribution in [3.63, 3.8) is 0 Å². The van der Waals surface area contributed by atoms with Gasteiger partial charge in [0.15, 0.2) is 12.0 Å². The maximum Gasteiger partial charge on any atom is 0.185 e. The Labute approximate surface area is 142 Å². The van der Waals surface area contributed by atoms with Crippen LogP contribution < -0.4 is 0 Å². The summed E-state index contributed by atoms with van der Waals surface area (Å²) in [7, 11) is 0. The third-order valence-corrected chi connectivity index (χ3v) is 3.72. The molecule has 3 aromatic rings. The topological polar surface area (TPSA) is 26.3 Å². The van der Waals surface area contributed by atoms with Crippen LogP contribution in [0.25, 0.3) is 5.57 Å². The Morgan fingerprint density at radius 2 is 1.17 bits per heavy atom. The number of hydrogen-bond donors (Lipinski definition) is 0. The largest absolute Gasteiger partial charge is 0.485 e. The van der Waals surface area contributed by atoms with E-state index in [1.54, 1.807) is 0 Å². The van der Waals surface area contributed by atoms with Crippen LogP contribution in [0.1, 0.15) is 16.7 Å². The van der Waals surface area contributed by atoms with Gasteiger partial charge in [-0.2, -0.15) is 0 Å². The fourth-order valence-corrected chi connectivity index (χ4v) is 2.56. The van der Waals surface area contributed by atoms with E-state index in [0.717, 1.165) is 28.5 Å². The molecule has 0 saturated carbocycles. The number of allylic oxidation sites excluding steroid dienone is 1. The first-order valence-electron chi connectivity index (χ1n) is 7.85. The molecule has 2 heteroatoms. The summed E-state index contributed by atoms with van der Waals surface area (Å²) < 4.78 is 5.86. The molecule has 0 N–H and O–H groups in total. The predicted octanol–water partition coefficient (Wildman–Crippen LogP) is 4.86. The molecule has 0 atom stereocenters. The predicted molar refractivity (Wildman–Crippen MR) is 96.2 cm³/mol. The third kappa shape index (κ3) is 3.79. The van der Waals surface area contributed by atoms with Gasteiger partial charge in [0.2, 0.25) is 0 Å². The molecule has 118 valence electrons. The molecular weight excluding hydrogens is 296 g/mol. The molecular formula is C22H18O2. The first-order chi connectivity index (χ1) is 11.9. The van der Waals surface area contributed by atoms with Crippen molar-refractivity contribution in [2.24, 2.45) is 0 Å². The zero-order valence-electron chi connectivity index (χ0n) is 13.3. The fourth-order valence-electron chi connectivity index (χ4n) is 2.56. The molecule has 0 radical (unpaired) electrons. The average molecular weight is 314 g/mol. The molecule has 0 bridgehead atoms. The Kier molecular flexibility index (Phi) is 5.21. The van der Waals surface area contributed by atoms with Gasteiger partial charge in [-0.05, 0) is 16.7 Å². The minimum Gasteiger partial charge on any atom is -0.485 e. The number of hydrogen-bond acceptors (Lipinski definition) is 2. The van der Waals surface area contributed by atoms with Crippen molar-refractivity contribution >= 4 is 11.9 Å². The van der Waals surface area contributed by atoms with Gasteiger partial charge in [0, 0.05) is 5.57 Å². The Balaban J connectivity index is 2.00. The van der Waals surface area contributed by atoms with E-state index in [2.05, 4.69) is 0 Å². The van der Waals surface area contributed by atoms with Gasteiger partial charge in [-0.15, -0.1) is 0 Å². The minimum atomic E-state index is 0.344. The van der Waals surface area contributed by atoms with Crippen LogP contribution in [0.2, 0.25) is 0 Å². The SMILES string of the molecule is O=CC(OCc1ccccc1)=C(c1ccccc1)c1ccccc1. The maximum absolute atomic E-state index is 11.7. The number of aldehydes is 1. The highest BCUT2D eigenvalue weighted by atomic mass is 16.5. The zero-order valence-corrected chi connectivity index (χ0v) is 13.3. The summed E-state index contributed by atoms with van der Waals surface area (Å²) in [5.74, 6) is 0.344. The Bertz CT molecular complexity index is 765. The second-order valence-corrected chi connectivity index (χ2v) is 5.36. The molecule has 0 aliphatic rings. The summed E-state index contributed by atoms with van der Waals surface area (Å²) in [5, 5.41) is 0. The molecule has 0 heterocycles. The quantitative estimate of drug-likeness (QED) is 0.369. The van der Waals surface area contributed by atoms with Crippen LogP contribution in [0.3, 0.4) is 0 Å². The van der Waals surface area contributed by atoms with E-state index >= 15 is 0 Å². The Hall–Kier alpha value is -3.13. The lowest BCUT2D eigenvalue weighted by atomic mass is 9.97. The smallest absolute Gasteiger partial charge is 0.185 e. The lowest BCUT2D eigenvalue weighted by Gasteiger charge is -2.14. The normalized spacial score (nSPS) is 10.0. The first kappa shape index (κ1) is 15.8. The molecule has 0 unspecified atom stereocenters. The number of carbonyl (C=O) groups excluding carboxylic acids is 1. The van der Waals surface area contributed by atoms with Crippen molar-refractivity contribution < 1.29 is 9.53 Å². The van der Waals surface area contributed by atoms with E-state index in [9.17, 15) is 4.79 Å². The summed E-state index contributed by atoms with van der Waals surface area (Å²) in [6.07, 6.45) is 0.790. The Morgan fingerprint density at radius 3 is 1.62 bits per heavy atom. The average Bonchev–Trinajstić information content (AvgIpc) is 2.67. The lowest BCUT2D eigenvalue weighted by molar-refractivity contribution is -0.107. The van der Waals surface area contributed by atoms with Crippen LogP contribution in [-0.4, -0.2) is 6.29 Å². The molecule has 0 saturated heterocycles. The van der Waals surface area contributed by atoms with Gasteiger partial charge in [0.05, 0.1) is 0 Å². The van der Waals surface area contributed by atoms with E-state index in [1.165, 1.54) is 0 Å². The van der Waals surface area contributed by atoms with Crippen LogP contribution in [-0.2, 0) is 16.1 Å². The standard InChI is InChI=1S/C22H18O2/c23-16-21(24-17-18-10-4-1-5-11-18)22(19-12-6-2-7-13-19)20-14-8-3-9-15-20/h1-16H,17H2. The van der Waals surface area contributed by atoms with Crippen molar-refractivity contribution in [2.75, 3.05) is 0 Å². The Morgan fingerprint density at radius 1 is 0.708 bits per heavy atom. The summed E-state index contributed by atoms with van der Waals surface area (Å²) in [6, 6.07) is 29.5. The summed E-state index contributed by atoms with van der Waals surface area (Å²) in [5.41, 5.74) is 3.75. The molecule has 3 rings (SSSR count). The molecule has 0 aliphatic carbocycles. The maximum atomic E-state index is 11.7. The minimum absolute atomic E-state index is 0.344. The van der Waals surface area contributed by atoms with Gasteiger partial charge in [-0.1, -0.05) is 91.0 Å². The van der Waals surface area contributed by atoms with Crippen molar-refractivity contribution in [1.82, 2.24) is 0 Å². The summed E-state index contributed by atoms with van der Waals surface area (Å²) >= 11 is 0. The molecule has 0 amide bonds. The van der Waals surface area contributed by atoms with Crippen LogP contribution in [0, 0.1) is 0 Å². The summed E-state index contributed by atoms with van der Waals surface area (Å²) in [4.78, 5) is 11.7. The van der Waals surface area contributed by atoms with Crippen molar-refractivity contribution in [2.45, 2.75) is 6.61 Å². The van der Waals surface area contributed by atoms with E-state index in [0.29, 0.717) is 12.4 Å². The van der Waals surface area contributed by atoms with Crippen molar-refractivity contribution in [3.05, 3.63) is 113 Å². The van der Waals surface area contributed by atoms with E-state index in [1.807, 2.05) is 91.0 Å². The fraction of sp³-hybridized carbons (Fsp3) is 0.0455. The van der Waals surface area contributed by atoms with Crippen molar-refractivity contribution in [3.8, 4) is 0 Å². The van der Waals surface area contributed by atoms with E-state index in [4.69, 9.17) is 4.74 Å². The molecule has 0 aromatic heterocycles. The third-order valence-electron chi connectivity index (χ3n) is 3.72. The lowest BCUT2D eigenvalue weighted by Crippen LogP contribution is -2.01. The highest BCUT2D eigenvalue weighted by molar-refractivity contribution is 5.93. The van der Waals surface area contributed by atoms with Crippen LogP contribution >= 0.6 is 0 Å². The highest BCUT2D eigenvalue weighted by Gasteiger charge is 2.13.